The number of hydrogen-bond acceptors (Lipinski definition) is 7. The zero-order valence-electron chi connectivity index (χ0n) is 14.4. The van der Waals surface area contributed by atoms with Crippen molar-refractivity contribution in [2.45, 2.75) is 69.4 Å². The number of nitrogens with one attached hydrogen (secondary N) is 2. The van der Waals surface area contributed by atoms with E-state index in [1.54, 1.807) is 0 Å². The van der Waals surface area contributed by atoms with E-state index in [1.165, 1.54) is 0 Å². The number of carbonyl (C=O) groups is 1. The smallest absolute Gasteiger partial charge is 0.220 e. The van der Waals surface area contributed by atoms with Crippen molar-refractivity contribution in [1.82, 2.24) is 10.6 Å². The molecule has 24 heavy (non-hydrogen) atoms. The van der Waals surface area contributed by atoms with Crippen LogP contribution in [0.2, 0.25) is 0 Å². The zero-order valence-corrected chi connectivity index (χ0v) is 14.4. The van der Waals surface area contributed by atoms with Gasteiger partial charge in [-0.3, -0.25) is 4.79 Å². The summed E-state index contributed by atoms with van der Waals surface area (Å²) >= 11 is 0. The van der Waals surface area contributed by atoms with Gasteiger partial charge in [-0.2, -0.15) is 0 Å². The number of aliphatic hydroxyl groups is 4. The van der Waals surface area contributed by atoms with Crippen molar-refractivity contribution in [3.63, 3.8) is 0 Å². The molecule has 1 fully saturated rings. The van der Waals surface area contributed by atoms with Crippen LogP contribution in [0.25, 0.3) is 0 Å². The van der Waals surface area contributed by atoms with Crippen molar-refractivity contribution in [2.75, 3.05) is 26.4 Å². The first-order valence-corrected chi connectivity index (χ1v) is 8.76. The first kappa shape index (κ1) is 21.3. The lowest BCUT2D eigenvalue weighted by Crippen LogP contribution is -2.68. The summed E-state index contributed by atoms with van der Waals surface area (Å²) in [5.74, 6) is -0.165. The number of unbranched alkanes of at least 4 members (excludes halogenated alkanes) is 2. The molecule has 0 unspecified atom stereocenters. The van der Waals surface area contributed by atoms with E-state index < -0.39 is 30.4 Å². The van der Waals surface area contributed by atoms with Gasteiger partial charge in [-0.25, -0.2) is 0 Å². The Kier molecular flexibility index (Phi) is 10.4. The zero-order chi connectivity index (χ0) is 17.9. The summed E-state index contributed by atoms with van der Waals surface area (Å²) in [5, 5.41) is 44.1. The van der Waals surface area contributed by atoms with Crippen molar-refractivity contribution in [1.29, 1.82) is 0 Å². The third-order valence-electron chi connectivity index (χ3n) is 4.25. The third kappa shape index (κ3) is 7.00. The minimum Gasteiger partial charge on any atom is -0.395 e. The van der Waals surface area contributed by atoms with E-state index in [1.807, 2.05) is 0 Å². The first-order chi connectivity index (χ1) is 11.5. The van der Waals surface area contributed by atoms with Crippen LogP contribution in [0.5, 0.6) is 0 Å². The van der Waals surface area contributed by atoms with E-state index in [9.17, 15) is 20.1 Å². The number of ether oxygens (including phenoxy) is 1. The molecule has 0 saturated carbocycles. The monoisotopic (exact) mass is 348 g/mol. The van der Waals surface area contributed by atoms with Gasteiger partial charge < -0.3 is 35.8 Å². The third-order valence-corrected chi connectivity index (χ3v) is 4.25. The van der Waals surface area contributed by atoms with Crippen LogP contribution in [0.4, 0.5) is 0 Å². The van der Waals surface area contributed by atoms with Crippen molar-refractivity contribution < 1.29 is 30.0 Å². The Morgan fingerprint density at radius 2 is 1.71 bits per heavy atom. The summed E-state index contributed by atoms with van der Waals surface area (Å²) in [6.45, 7) is 3.13. The summed E-state index contributed by atoms with van der Waals surface area (Å²) in [5.41, 5.74) is 0. The fraction of sp³-hybridized carbons (Fsp3) is 0.938. The number of rotatable bonds is 11. The molecule has 5 atom stereocenters. The minimum atomic E-state index is -1.36. The lowest BCUT2D eigenvalue weighted by molar-refractivity contribution is -0.126. The number of amides is 1. The Hall–Kier alpha value is -0.770. The van der Waals surface area contributed by atoms with Crippen molar-refractivity contribution >= 4 is 5.91 Å². The fourth-order valence-electron chi connectivity index (χ4n) is 2.69. The molecule has 6 N–H and O–H groups in total. The maximum atomic E-state index is 11.8. The molecular weight excluding hydrogens is 316 g/mol. The average molecular weight is 348 g/mol. The molecule has 0 aromatic heterocycles. The minimum absolute atomic E-state index is 0.109. The number of piperidine rings is 1. The molecule has 0 aliphatic carbocycles. The van der Waals surface area contributed by atoms with E-state index in [-0.39, 0.29) is 19.1 Å². The molecule has 1 heterocycles. The first-order valence-electron chi connectivity index (χ1n) is 8.76. The second-order valence-corrected chi connectivity index (χ2v) is 6.26. The number of hydrogen-bond donors (Lipinski definition) is 6. The standard InChI is InChI=1S/C16H32N2O6/c1-2-3-4-7-24-8-5-6-13(20)17-9-11-14(21)16(23)15(22)12(10-19)18-11/h11-12,14-16,18-19,21-23H,2-10H2,1H3,(H,17,20)/t11-,12-,14+,15-,16-/m1/s1. The highest BCUT2D eigenvalue weighted by molar-refractivity contribution is 5.75. The Bertz CT molecular complexity index is 355. The van der Waals surface area contributed by atoms with Crippen molar-refractivity contribution in [3.8, 4) is 0 Å². The Morgan fingerprint density at radius 3 is 2.38 bits per heavy atom. The van der Waals surface area contributed by atoms with Crippen LogP contribution in [0.15, 0.2) is 0 Å². The molecular formula is C16H32N2O6. The normalized spacial score (nSPS) is 30.3. The van der Waals surface area contributed by atoms with Gasteiger partial charge in [0.25, 0.3) is 0 Å². The van der Waals surface area contributed by atoms with E-state index >= 15 is 0 Å². The van der Waals surface area contributed by atoms with Crippen LogP contribution in [0.3, 0.4) is 0 Å². The average Bonchev–Trinajstić information content (AvgIpc) is 2.58. The van der Waals surface area contributed by atoms with Gasteiger partial charge in [0, 0.05) is 26.2 Å². The molecule has 0 aromatic carbocycles. The quantitative estimate of drug-likeness (QED) is 0.251. The highest BCUT2D eigenvalue weighted by Crippen LogP contribution is 2.15. The molecule has 1 amide bonds. The van der Waals surface area contributed by atoms with E-state index in [4.69, 9.17) is 9.84 Å². The van der Waals surface area contributed by atoms with Gasteiger partial charge in [0.1, 0.15) is 6.10 Å². The molecule has 1 aliphatic heterocycles. The summed E-state index contributed by atoms with van der Waals surface area (Å²) in [7, 11) is 0. The predicted molar refractivity (Wildman–Crippen MR) is 88.4 cm³/mol. The summed E-state index contributed by atoms with van der Waals surface area (Å²) in [6.07, 6.45) is 0.453. The van der Waals surface area contributed by atoms with Crippen molar-refractivity contribution in [3.05, 3.63) is 0 Å². The van der Waals surface area contributed by atoms with Crippen molar-refractivity contribution in [2.24, 2.45) is 0 Å². The maximum absolute atomic E-state index is 11.8. The van der Waals surface area contributed by atoms with Gasteiger partial charge in [-0.05, 0) is 12.8 Å². The molecule has 1 saturated heterocycles. The molecule has 1 rings (SSSR count). The van der Waals surface area contributed by atoms with Gasteiger partial charge in [0.15, 0.2) is 0 Å². The second kappa shape index (κ2) is 11.7. The van der Waals surface area contributed by atoms with Crippen LogP contribution in [0.1, 0.15) is 39.0 Å². The van der Waals surface area contributed by atoms with Gasteiger partial charge in [-0.15, -0.1) is 0 Å². The lowest BCUT2D eigenvalue weighted by Gasteiger charge is -2.41. The number of aliphatic hydroxyl groups excluding tert-OH is 4. The predicted octanol–water partition coefficient (Wildman–Crippen LogP) is -1.49. The van der Waals surface area contributed by atoms with Gasteiger partial charge in [-0.1, -0.05) is 19.8 Å². The lowest BCUT2D eigenvalue weighted by atomic mass is 9.90. The highest BCUT2D eigenvalue weighted by Gasteiger charge is 2.41. The SMILES string of the molecule is CCCCCOCCCC(=O)NC[C@H]1N[C@H](CO)[C@@H](O)[C@H](O)[C@H]1O. The van der Waals surface area contributed by atoms with E-state index in [0.29, 0.717) is 19.4 Å². The molecule has 0 bridgehead atoms. The molecule has 0 radical (unpaired) electrons. The van der Waals surface area contributed by atoms with E-state index in [2.05, 4.69) is 17.6 Å². The summed E-state index contributed by atoms with van der Waals surface area (Å²) in [6, 6.07) is -1.36. The summed E-state index contributed by atoms with van der Waals surface area (Å²) in [4.78, 5) is 11.8. The summed E-state index contributed by atoms with van der Waals surface area (Å²) < 4.78 is 5.43. The molecule has 1 aliphatic rings. The van der Waals surface area contributed by atoms with Gasteiger partial charge in [0.2, 0.25) is 5.91 Å². The Labute approximate surface area is 143 Å². The topological polar surface area (TPSA) is 131 Å². The van der Waals surface area contributed by atoms with Crippen LogP contribution in [-0.2, 0) is 9.53 Å². The fourth-order valence-corrected chi connectivity index (χ4v) is 2.69. The number of carbonyl (C=O) groups excluding carboxylic acids is 1. The van der Waals surface area contributed by atoms with Gasteiger partial charge in [0.05, 0.1) is 30.9 Å². The van der Waals surface area contributed by atoms with E-state index in [0.717, 1.165) is 25.9 Å². The molecule has 142 valence electrons. The highest BCUT2D eigenvalue weighted by atomic mass is 16.5. The van der Waals surface area contributed by atoms with Crippen LogP contribution < -0.4 is 10.6 Å². The Balaban J connectivity index is 2.19. The molecule has 8 heteroatoms. The van der Waals surface area contributed by atoms with Crippen LogP contribution in [-0.4, -0.2) is 83.1 Å². The largest absolute Gasteiger partial charge is 0.395 e. The maximum Gasteiger partial charge on any atom is 0.220 e. The van der Waals surface area contributed by atoms with Crippen LogP contribution in [0, 0.1) is 0 Å². The Morgan fingerprint density at radius 1 is 1.04 bits per heavy atom. The molecule has 0 aromatic rings. The van der Waals surface area contributed by atoms with Gasteiger partial charge >= 0.3 is 0 Å². The van der Waals surface area contributed by atoms with Crippen LogP contribution >= 0.6 is 0 Å². The molecule has 8 nitrogen and oxygen atoms in total. The molecule has 0 spiro atoms. The second-order valence-electron chi connectivity index (χ2n) is 6.26.